The highest BCUT2D eigenvalue weighted by Crippen LogP contribution is 2.39. The van der Waals surface area contributed by atoms with E-state index >= 15 is 0 Å². The SMILES string of the molecule is O=C1c2cc(-c3cnc(C4CC4)nc3)ccc2CN1c1cccc(-c2nncn2C2CC2)n1. The van der Waals surface area contributed by atoms with Crippen molar-refractivity contribution in [3.05, 3.63) is 72.1 Å². The van der Waals surface area contributed by atoms with Crippen molar-refractivity contribution in [3.63, 3.8) is 0 Å². The molecule has 1 aromatic carbocycles. The van der Waals surface area contributed by atoms with Crippen LogP contribution < -0.4 is 4.90 Å². The number of benzene rings is 1. The molecular weight excluding hydrogens is 414 g/mol. The fraction of sp³-hybridized carbons (Fsp3) is 0.280. The first-order chi connectivity index (χ1) is 16.2. The molecule has 162 valence electrons. The molecule has 0 N–H and O–H groups in total. The number of hydrogen-bond acceptors (Lipinski definition) is 6. The lowest BCUT2D eigenvalue weighted by atomic mass is 10.0. The van der Waals surface area contributed by atoms with Crippen molar-refractivity contribution < 1.29 is 4.79 Å². The van der Waals surface area contributed by atoms with Crippen molar-refractivity contribution in [3.8, 4) is 22.6 Å². The minimum atomic E-state index is -0.0457. The van der Waals surface area contributed by atoms with Gasteiger partial charge in [0, 0.05) is 35.5 Å². The zero-order chi connectivity index (χ0) is 21.9. The molecule has 0 unspecified atom stereocenters. The third-order valence-electron chi connectivity index (χ3n) is 6.61. The number of carbonyl (C=O) groups excluding carboxylic acids is 1. The van der Waals surface area contributed by atoms with Gasteiger partial charge in [-0.3, -0.25) is 9.69 Å². The molecular formula is C25H21N7O. The molecule has 4 heterocycles. The summed E-state index contributed by atoms with van der Waals surface area (Å²) in [6.07, 6.45) is 10.1. The molecule has 33 heavy (non-hydrogen) atoms. The third kappa shape index (κ3) is 3.21. The second-order valence-electron chi connectivity index (χ2n) is 9.04. The summed E-state index contributed by atoms with van der Waals surface area (Å²) in [5.74, 6) is 2.77. The number of hydrogen-bond donors (Lipinski definition) is 0. The largest absolute Gasteiger partial charge is 0.309 e. The third-order valence-corrected chi connectivity index (χ3v) is 6.61. The predicted molar refractivity (Wildman–Crippen MR) is 121 cm³/mol. The van der Waals surface area contributed by atoms with Crippen LogP contribution in [0.5, 0.6) is 0 Å². The molecule has 4 aromatic rings. The Bertz CT molecular complexity index is 1390. The van der Waals surface area contributed by atoms with E-state index in [9.17, 15) is 4.79 Å². The smallest absolute Gasteiger partial charge is 0.260 e. The Morgan fingerprint density at radius 2 is 1.79 bits per heavy atom. The van der Waals surface area contributed by atoms with Crippen LogP contribution in [0.25, 0.3) is 22.6 Å². The maximum absolute atomic E-state index is 13.3. The molecule has 3 aliphatic rings. The lowest BCUT2D eigenvalue weighted by Crippen LogP contribution is -2.24. The summed E-state index contributed by atoms with van der Waals surface area (Å²) in [5.41, 5.74) is 4.30. The second kappa shape index (κ2) is 7.03. The minimum Gasteiger partial charge on any atom is -0.309 e. The van der Waals surface area contributed by atoms with Gasteiger partial charge in [0.2, 0.25) is 0 Å². The highest BCUT2D eigenvalue weighted by molar-refractivity contribution is 6.10. The van der Waals surface area contributed by atoms with Crippen molar-refractivity contribution in [2.75, 3.05) is 4.90 Å². The van der Waals surface area contributed by atoms with Gasteiger partial charge in [-0.15, -0.1) is 10.2 Å². The summed E-state index contributed by atoms with van der Waals surface area (Å²) in [4.78, 5) is 28.9. The molecule has 2 fully saturated rings. The molecule has 1 amide bonds. The first-order valence-corrected chi connectivity index (χ1v) is 11.4. The number of anilines is 1. The van der Waals surface area contributed by atoms with Gasteiger partial charge >= 0.3 is 0 Å². The summed E-state index contributed by atoms with van der Waals surface area (Å²) in [6.45, 7) is 0.497. The number of aromatic nitrogens is 6. The van der Waals surface area contributed by atoms with Gasteiger partial charge in [-0.25, -0.2) is 15.0 Å². The fourth-order valence-electron chi connectivity index (χ4n) is 4.45. The number of pyridine rings is 1. The molecule has 3 aromatic heterocycles. The van der Waals surface area contributed by atoms with Gasteiger partial charge in [-0.05, 0) is 55.0 Å². The monoisotopic (exact) mass is 435 g/mol. The van der Waals surface area contributed by atoms with Crippen molar-refractivity contribution in [2.45, 2.75) is 44.2 Å². The molecule has 0 bridgehead atoms. The lowest BCUT2D eigenvalue weighted by Gasteiger charge is -2.15. The first kappa shape index (κ1) is 18.6. The van der Waals surface area contributed by atoms with Crippen molar-refractivity contribution in [1.82, 2.24) is 29.7 Å². The van der Waals surface area contributed by atoms with Crippen molar-refractivity contribution in [1.29, 1.82) is 0 Å². The van der Waals surface area contributed by atoms with Crippen molar-refractivity contribution in [2.24, 2.45) is 0 Å². The molecule has 8 heteroatoms. The van der Waals surface area contributed by atoms with Gasteiger partial charge in [-0.1, -0.05) is 18.2 Å². The number of rotatable bonds is 5. The van der Waals surface area contributed by atoms with Crippen molar-refractivity contribution >= 4 is 11.7 Å². The van der Waals surface area contributed by atoms with Crippen LogP contribution in [0.4, 0.5) is 5.82 Å². The highest BCUT2D eigenvalue weighted by Gasteiger charge is 2.31. The summed E-state index contributed by atoms with van der Waals surface area (Å²) in [6, 6.07) is 12.2. The number of carbonyl (C=O) groups is 1. The Hall–Kier alpha value is -3.94. The van der Waals surface area contributed by atoms with Gasteiger partial charge in [-0.2, -0.15) is 0 Å². The number of amides is 1. The molecule has 0 spiro atoms. The van der Waals surface area contributed by atoms with Gasteiger partial charge in [0.05, 0.1) is 6.54 Å². The average molecular weight is 435 g/mol. The van der Waals surface area contributed by atoms with Crippen LogP contribution in [0.3, 0.4) is 0 Å². The van der Waals surface area contributed by atoms with E-state index in [2.05, 4.69) is 24.7 Å². The van der Waals surface area contributed by atoms with Gasteiger partial charge in [0.1, 0.15) is 23.7 Å². The van der Waals surface area contributed by atoms with E-state index in [0.29, 0.717) is 29.9 Å². The van der Waals surface area contributed by atoms with Crippen LogP contribution in [0.1, 0.15) is 59.4 Å². The van der Waals surface area contributed by atoms with Crippen LogP contribution in [0.2, 0.25) is 0 Å². The summed E-state index contributed by atoms with van der Waals surface area (Å²) < 4.78 is 2.08. The van der Waals surface area contributed by atoms with Crippen LogP contribution in [0, 0.1) is 0 Å². The van der Waals surface area contributed by atoms with E-state index in [-0.39, 0.29) is 5.91 Å². The van der Waals surface area contributed by atoms with E-state index in [0.717, 1.165) is 46.9 Å². The minimum absolute atomic E-state index is 0.0457. The van der Waals surface area contributed by atoms with E-state index in [4.69, 9.17) is 4.98 Å². The second-order valence-corrected chi connectivity index (χ2v) is 9.04. The fourth-order valence-corrected chi connectivity index (χ4v) is 4.45. The van der Waals surface area contributed by atoms with E-state index in [1.807, 2.05) is 48.8 Å². The zero-order valence-electron chi connectivity index (χ0n) is 17.9. The number of fused-ring (bicyclic) bond motifs is 1. The van der Waals surface area contributed by atoms with Gasteiger partial charge < -0.3 is 4.57 Å². The Balaban J connectivity index is 1.18. The molecule has 2 aliphatic carbocycles. The Labute approximate surface area is 190 Å². The Morgan fingerprint density at radius 3 is 2.58 bits per heavy atom. The van der Waals surface area contributed by atoms with Crippen LogP contribution in [-0.4, -0.2) is 35.6 Å². The molecule has 0 atom stereocenters. The topological polar surface area (TPSA) is 89.7 Å². The number of nitrogens with zero attached hydrogens (tertiary/aromatic N) is 7. The summed E-state index contributed by atoms with van der Waals surface area (Å²) in [5, 5.41) is 8.35. The van der Waals surface area contributed by atoms with E-state index < -0.39 is 0 Å². The van der Waals surface area contributed by atoms with Crippen LogP contribution >= 0.6 is 0 Å². The lowest BCUT2D eigenvalue weighted by molar-refractivity contribution is 0.0996. The maximum Gasteiger partial charge on any atom is 0.260 e. The molecule has 1 aliphatic heterocycles. The quantitative estimate of drug-likeness (QED) is 0.467. The average Bonchev–Trinajstić information content (AvgIpc) is 3.80. The standard InChI is InChI=1S/C25H21N7O/c33-25-20-10-16(18-11-26-23(27-12-18)15-4-5-15)6-7-17(20)13-31(25)22-3-1-2-21(29-22)24-30-28-14-32(24)19-8-9-19/h1-3,6-7,10-12,14-15,19H,4-5,8-9,13H2. The molecule has 7 rings (SSSR count). The first-order valence-electron chi connectivity index (χ1n) is 11.4. The van der Waals surface area contributed by atoms with E-state index in [1.54, 1.807) is 11.2 Å². The van der Waals surface area contributed by atoms with Gasteiger partial charge in [0.25, 0.3) is 5.91 Å². The molecule has 0 saturated heterocycles. The van der Waals surface area contributed by atoms with E-state index in [1.165, 1.54) is 12.8 Å². The normalized spacial score (nSPS) is 17.5. The van der Waals surface area contributed by atoms with Crippen LogP contribution in [-0.2, 0) is 6.54 Å². The maximum atomic E-state index is 13.3. The Morgan fingerprint density at radius 1 is 0.939 bits per heavy atom. The predicted octanol–water partition coefficient (Wildman–Crippen LogP) is 4.17. The summed E-state index contributed by atoms with van der Waals surface area (Å²) >= 11 is 0. The van der Waals surface area contributed by atoms with Gasteiger partial charge in [0.15, 0.2) is 5.82 Å². The Kier molecular flexibility index (Phi) is 3.97. The molecule has 8 nitrogen and oxygen atoms in total. The molecule has 0 radical (unpaired) electrons. The zero-order valence-corrected chi connectivity index (χ0v) is 17.9. The van der Waals surface area contributed by atoms with Crippen LogP contribution in [0.15, 0.2) is 55.1 Å². The summed E-state index contributed by atoms with van der Waals surface area (Å²) in [7, 11) is 0. The highest BCUT2D eigenvalue weighted by atomic mass is 16.2. The molecule has 2 saturated carbocycles.